The van der Waals surface area contributed by atoms with Gasteiger partial charge >= 0.3 is 0 Å². The standard InChI is InChI=1S/C12H18N2O/c1-9(2)12(15)14-10(3)8-11-6-4-5-7-13-11/h4-7,9-10H,8H2,1-3H3,(H,14,15)/t10-/m1/s1. The van der Waals surface area contributed by atoms with Gasteiger partial charge in [0.2, 0.25) is 5.91 Å². The van der Waals surface area contributed by atoms with Gasteiger partial charge in [0.1, 0.15) is 0 Å². The molecule has 0 aromatic carbocycles. The zero-order chi connectivity index (χ0) is 11.3. The van der Waals surface area contributed by atoms with Gasteiger partial charge < -0.3 is 5.32 Å². The summed E-state index contributed by atoms with van der Waals surface area (Å²) in [7, 11) is 0. The second-order valence-corrected chi connectivity index (χ2v) is 4.09. The molecule has 0 aliphatic heterocycles. The van der Waals surface area contributed by atoms with Crippen LogP contribution in [-0.4, -0.2) is 16.9 Å². The zero-order valence-corrected chi connectivity index (χ0v) is 9.53. The van der Waals surface area contributed by atoms with Crippen molar-refractivity contribution in [3.05, 3.63) is 30.1 Å². The predicted molar refractivity (Wildman–Crippen MR) is 60.4 cm³/mol. The highest BCUT2D eigenvalue weighted by atomic mass is 16.1. The highest BCUT2D eigenvalue weighted by Gasteiger charge is 2.11. The summed E-state index contributed by atoms with van der Waals surface area (Å²) in [6.45, 7) is 5.78. The first-order valence-electron chi connectivity index (χ1n) is 5.30. The topological polar surface area (TPSA) is 42.0 Å². The van der Waals surface area contributed by atoms with E-state index in [9.17, 15) is 4.79 Å². The lowest BCUT2D eigenvalue weighted by molar-refractivity contribution is -0.124. The fraction of sp³-hybridized carbons (Fsp3) is 0.500. The van der Waals surface area contributed by atoms with Gasteiger partial charge in [-0.25, -0.2) is 0 Å². The number of nitrogens with zero attached hydrogens (tertiary/aromatic N) is 1. The Labute approximate surface area is 90.9 Å². The first kappa shape index (κ1) is 11.7. The highest BCUT2D eigenvalue weighted by Crippen LogP contribution is 2.00. The molecule has 1 amide bonds. The average Bonchev–Trinajstić information content (AvgIpc) is 2.18. The molecule has 0 unspecified atom stereocenters. The van der Waals surface area contributed by atoms with Gasteiger partial charge in [-0.3, -0.25) is 9.78 Å². The molecule has 1 rings (SSSR count). The maximum atomic E-state index is 11.4. The molecule has 3 heteroatoms. The molecule has 0 spiro atoms. The van der Waals surface area contributed by atoms with Crippen molar-refractivity contribution >= 4 is 5.91 Å². The normalized spacial score (nSPS) is 12.5. The minimum Gasteiger partial charge on any atom is -0.353 e. The number of pyridine rings is 1. The van der Waals surface area contributed by atoms with Crippen LogP contribution in [0.2, 0.25) is 0 Å². The number of nitrogens with one attached hydrogen (secondary N) is 1. The molecule has 82 valence electrons. The van der Waals surface area contributed by atoms with Gasteiger partial charge in [-0.1, -0.05) is 19.9 Å². The number of aromatic nitrogens is 1. The lowest BCUT2D eigenvalue weighted by Gasteiger charge is -2.14. The lowest BCUT2D eigenvalue weighted by atomic mass is 10.1. The Bertz CT molecular complexity index is 309. The van der Waals surface area contributed by atoms with E-state index in [1.54, 1.807) is 6.20 Å². The SMILES string of the molecule is CC(C)C(=O)N[C@H](C)Cc1ccccn1. The molecule has 15 heavy (non-hydrogen) atoms. The molecule has 0 saturated carbocycles. The molecule has 0 bridgehead atoms. The summed E-state index contributed by atoms with van der Waals surface area (Å²) < 4.78 is 0. The van der Waals surface area contributed by atoms with Crippen molar-refractivity contribution in [3.63, 3.8) is 0 Å². The molecular formula is C12H18N2O. The van der Waals surface area contributed by atoms with Crippen molar-refractivity contribution in [2.24, 2.45) is 5.92 Å². The third-order valence-corrected chi connectivity index (χ3v) is 2.15. The summed E-state index contributed by atoms with van der Waals surface area (Å²) >= 11 is 0. The summed E-state index contributed by atoms with van der Waals surface area (Å²) in [6, 6.07) is 5.95. The minimum atomic E-state index is 0.0381. The molecule has 1 atom stereocenters. The maximum Gasteiger partial charge on any atom is 0.222 e. The second-order valence-electron chi connectivity index (χ2n) is 4.09. The Morgan fingerprint density at radius 3 is 2.67 bits per heavy atom. The average molecular weight is 206 g/mol. The summed E-state index contributed by atoms with van der Waals surface area (Å²) in [5.74, 6) is 0.134. The number of hydrogen-bond acceptors (Lipinski definition) is 2. The third kappa shape index (κ3) is 4.11. The number of carbonyl (C=O) groups excluding carboxylic acids is 1. The van der Waals surface area contributed by atoms with E-state index in [-0.39, 0.29) is 17.9 Å². The Balaban J connectivity index is 2.43. The summed E-state index contributed by atoms with van der Waals surface area (Å²) in [5.41, 5.74) is 1.01. The Morgan fingerprint density at radius 2 is 2.13 bits per heavy atom. The van der Waals surface area contributed by atoms with Gasteiger partial charge in [-0.2, -0.15) is 0 Å². The lowest BCUT2D eigenvalue weighted by Crippen LogP contribution is -2.36. The molecule has 1 heterocycles. The number of hydrogen-bond donors (Lipinski definition) is 1. The maximum absolute atomic E-state index is 11.4. The van der Waals surface area contributed by atoms with Crippen LogP contribution < -0.4 is 5.32 Å². The molecule has 1 aromatic rings. The van der Waals surface area contributed by atoms with E-state index in [0.717, 1.165) is 12.1 Å². The number of rotatable bonds is 4. The van der Waals surface area contributed by atoms with Crippen LogP contribution in [0.15, 0.2) is 24.4 Å². The van der Waals surface area contributed by atoms with Crippen LogP contribution in [0.4, 0.5) is 0 Å². The van der Waals surface area contributed by atoms with Crippen LogP contribution in [-0.2, 0) is 11.2 Å². The van der Waals surface area contributed by atoms with E-state index in [2.05, 4.69) is 10.3 Å². The van der Waals surface area contributed by atoms with E-state index in [1.165, 1.54) is 0 Å². The van der Waals surface area contributed by atoms with Crippen molar-refractivity contribution in [1.82, 2.24) is 10.3 Å². The highest BCUT2D eigenvalue weighted by molar-refractivity contribution is 5.78. The summed E-state index contributed by atoms with van der Waals surface area (Å²) in [4.78, 5) is 15.6. The minimum absolute atomic E-state index is 0.0381. The van der Waals surface area contributed by atoms with E-state index in [4.69, 9.17) is 0 Å². The van der Waals surface area contributed by atoms with Crippen LogP contribution in [0.1, 0.15) is 26.5 Å². The summed E-state index contributed by atoms with van der Waals surface area (Å²) in [6.07, 6.45) is 2.55. The molecule has 1 aromatic heterocycles. The monoisotopic (exact) mass is 206 g/mol. The fourth-order valence-corrected chi connectivity index (χ4v) is 1.29. The number of amides is 1. The van der Waals surface area contributed by atoms with Crippen molar-refractivity contribution in [3.8, 4) is 0 Å². The molecule has 1 N–H and O–H groups in total. The van der Waals surface area contributed by atoms with Crippen LogP contribution in [0.5, 0.6) is 0 Å². The first-order chi connectivity index (χ1) is 7.09. The number of carbonyl (C=O) groups is 1. The van der Waals surface area contributed by atoms with E-state index < -0.39 is 0 Å². The third-order valence-electron chi connectivity index (χ3n) is 2.15. The quantitative estimate of drug-likeness (QED) is 0.816. The van der Waals surface area contributed by atoms with Crippen molar-refractivity contribution in [2.75, 3.05) is 0 Å². The summed E-state index contributed by atoms with van der Waals surface area (Å²) in [5, 5.41) is 2.95. The van der Waals surface area contributed by atoms with Gasteiger partial charge in [-0.05, 0) is 19.1 Å². The molecule has 0 radical (unpaired) electrons. The van der Waals surface area contributed by atoms with Crippen molar-refractivity contribution < 1.29 is 4.79 Å². The molecular weight excluding hydrogens is 188 g/mol. The Hall–Kier alpha value is -1.38. The molecule has 0 saturated heterocycles. The first-order valence-corrected chi connectivity index (χ1v) is 5.30. The fourth-order valence-electron chi connectivity index (χ4n) is 1.29. The van der Waals surface area contributed by atoms with Crippen LogP contribution in [0, 0.1) is 5.92 Å². The molecule has 0 aliphatic rings. The van der Waals surface area contributed by atoms with Gasteiger partial charge in [0, 0.05) is 30.3 Å². The van der Waals surface area contributed by atoms with Crippen LogP contribution >= 0.6 is 0 Å². The van der Waals surface area contributed by atoms with E-state index in [0.29, 0.717) is 0 Å². The van der Waals surface area contributed by atoms with Crippen LogP contribution in [0.3, 0.4) is 0 Å². The Kier molecular flexibility index (Phi) is 4.28. The van der Waals surface area contributed by atoms with Crippen molar-refractivity contribution in [1.29, 1.82) is 0 Å². The molecule has 3 nitrogen and oxygen atoms in total. The predicted octanol–water partition coefficient (Wildman–Crippen LogP) is 1.78. The smallest absolute Gasteiger partial charge is 0.222 e. The van der Waals surface area contributed by atoms with Gasteiger partial charge in [0.25, 0.3) is 0 Å². The van der Waals surface area contributed by atoms with Crippen molar-refractivity contribution in [2.45, 2.75) is 33.2 Å². The zero-order valence-electron chi connectivity index (χ0n) is 9.53. The van der Waals surface area contributed by atoms with Crippen LogP contribution in [0.25, 0.3) is 0 Å². The second kappa shape index (κ2) is 5.49. The largest absolute Gasteiger partial charge is 0.353 e. The van der Waals surface area contributed by atoms with E-state index in [1.807, 2.05) is 39.0 Å². The van der Waals surface area contributed by atoms with Gasteiger partial charge in [0.15, 0.2) is 0 Å². The van der Waals surface area contributed by atoms with E-state index >= 15 is 0 Å². The molecule has 0 aliphatic carbocycles. The Morgan fingerprint density at radius 1 is 1.40 bits per heavy atom. The van der Waals surface area contributed by atoms with Gasteiger partial charge in [-0.15, -0.1) is 0 Å². The van der Waals surface area contributed by atoms with Gasteiger partial charge in [0.05, 0.1) is 0 Å². The molecule has 0 fully saturated rings.